The second-order valence-corrected chi connectivity index (χ2v) is 6.93. The number of aryl methyl sites for hydroxylation is 2. The molecule has 1 amide bonds. The van der Waals surface area contributed by atoms with Gasteiger partial charge in [0.05, 0.1) is 13.0 Å². The minimum Gasteiger partial charge on any atom is -0.493 e. The van der Waals surface area contributed by atoms with Gasteiger partial charge in [-0.25, -0.2) is 0 Å². The standard InChI is InChI=1S/C21H26N2O2/c1-16-4-3-5-19(12-16)14-21(24)23-10-7-18(8-11-23)15-25-20-6-9-22-17(2)13-20/h3-6,9,12-13,18H,7-8,10-11,14-15H2,1-2H3. The summed E-state index contributed by atoms with van der Waals surface area (Å²) < 4.78 is 5.89. The zero-order valence-electron chi connectivity index (χ0n) is 15.1. The van der Waals surface area contributed by atoms with E-state index in [2.05, 4.69) is 24.0 Å². The van der Waals surface area contributed by atoms with Crippen molar-refractivity contribution in [1.29, 1.82) is 0 Å². The van der Waals surface area contributed by atoms with Crippen LogP contribution in [0.1, 0.15) is 29.7 Å². The third kappa shape index (κ3) is 5.05. The summed E-state index contributed by atoms with van der Waals surface area (Å²) >= 11 is 0. The van der Waals surface area contributed by atoms with Gasteiger partial charge in [-0.15, -0.1) is 0 Å². The number of ether oxygens (including phenoxy) is 1. The Bertz CT molecular complexity index is 721. The molecule has 0 saturated carbocycles. The molecule has 1 aromatic heterocycles. The second-order valence-electron chi connectivity index (χ2n) is 6.93. The maximum atomic E-state index is 12.5. The van der Waals surface area contributed by atoms with E-state index < -0.39 is 0 Å². The van der Waals surface area contributed by atoms with Crippen LogP contribution in [0.3, 0.4) is 0 Å². The number of rotatable bonds is 5. The van der Waals surface area contributed by atoms with Crippen molar-refractivity contribution in [3.8, 4) is 5.75 Å². The summed E-state index contributed by atoms with van der Waals surface area (Å²) in [6, 6.07) is 12.1. The van der Waals surface area contributed by atoms with E-state index >= 15 is 0 Å². The van der Waals surface area contributed by atoms with Gasteiger partial charge in [-0.2, -0.15) is 0 Å². The predicted octanol–water partition coefficient (Wildman–Crippen LogP) is 3.56. The van der Waals surface area contributed by atoms with Gasteiger partial charge in [0, 0.05) is 31.0 Å². The van der Waals surface area contributed by atoms with Crippen molar-refractivity contribution in [3.05, 3.63) is 59.4 Å². The monoisotopic (exact) mass is 338 g/mol. The molecule has 4 nitrogen and oxygen atoms in total. The fourth-order valence-electron chi connectivity index (χ4n) is 3.28. The fraction of sp³-hybridized carbons (Fsp3) is 0.429. The van der Waals surface area contributed by atoms with Crippen LogP contribution >= 0.6 is 0 Å². The molecule has 0 aliphatic carbocycles. The van der Waals surface area contributed by atoms with E-state index in [1.54, 1.807) is 6.20 Å². The van der Waals surface area contributed by atoms with Gasteiger partial charge in [-0.05, 0) is 44.2 Å². The van der Waals surface area contributed by atoms with Crippen LogP contribution in [0.25, 0.3) is 0 Å². The summed E-state index contributed by atoms with van der Waals surface area (Å²) in [7, 11) is 0. The number of amides is 1. The van der Waals surface area contributed by atoms with E-state index in [-0.39, 0.29) is 5.91 Å². The summed E-state index contributed by atoms with van der Waals surface area (Å²) in [5.41, 5.74) is 3.27. The summed E-state index contributed by atoms with van der Waals surface area (Å²) in [6.45, 7) is 6.39. The molecular weight excluding hydrogens is 312 g/mol. The van der Waals surface area contributed by atoms with Gasteiger partial charge >= 0.3 is 0 Å². The van der Waals surface area contributed by atoms with Crippen molar-refractivity contribution in [2.24, 2.45) is 5.92 Å². The van der Waals surface area contributed by atoms with Crippen LogP contribution in [0.15, 0.2) is 42.6 Å². The lowest BCUT2D eigenvalue weighted by Gasteiger charge is -2.32. The first-order valence-electron chi connectivity index (χ1n) is 8.99. The highest BCUT2D eigenvalue weighted by atomic mass is 16.5. The number of carbonyl (C=O) groups excluding carboxylic acids is 1. The molecule has 0 atom stereocenters. The normalized spacial score (nSPS) is 15.2. The molecule has 4 heteroatoms. The Balaban J connectivity index is 1.44. The average molecular weight is 338 g/mol. The Morgan fingerprint density at radius 1 is 1.20 bits per heavy atom. The molecule has 1 aromatic carbocycles. The minimum absolute atomic E-state index is 0.231. The maximum absolute atomic E-state index is 12.5. The van der Waals surface area contributed by atoms with Crippen molar-refractivity contribution in [2.45, 2.75) is 33.1 Å². The van der Waals surface area contributed by atoms with Gasteiger partial charge in [0.25, 0.3) is 0 Å². The van der Waals surface area contributed by atoms with E-state index in [0.29, 0.717) is 18.9 Å². The molecule has 1 saturated heterocycles. The summed E-state index contributed by atoms with van der Waals surface area (Å²) in [4.78, 5) is 18.7. The Morgan fingerprint density at radius 3 is 2.72 bits per heavy atom. The summed E-state index contributed by atoms with van der Waals surface area (Å²) in [6.07, 6.45) is 4.28. The second kappa shape index (κ2) is 8.15. The Morgan fingerprint density at radius 2 is 2.00 bits per heavy atom. The first-order chi connectivity index (χ1) is 12.1. The number of carbonyl (C=O) groups is 1. The fourth-order valence-corrected chi connectivity index (χ4v) is 3.28. The molecule has 0 bridgehead atoms. The van der Waals surface area contributed by atoms with Gasteiger partial charge in [0.15, 0.2) is 0 Å². The van der Waals surface area contributed by atoms with E-state index in [1.165, 1.54) is 5.56 Å². The maximum Gasteiger partial charge on any atom is 0.226 e. The third-order valence-corrected chi connectivity index (χ3v) is 4.76. The van der Waals surface area contributed by atoms with Crippen molar-refractivity contribution in [3.63, 3.8) is 0 Å². The molecule has 132 valence electrons. The molecular formula is C21H26N2O2. The van der Waals surface area contributed by atoms with Crippen LogP contribution in [0.2, 0.25) is 0 Å². The zero-order chi connectivity index (χ0) is 17.6. The van der Waals surface area contributed by atoms with Gasteiger partial charge in [0.1, 0.15) is 5.75 Å². The van der Waals surface area contributed by atoms with Gasteiger partial charge in [0.2, 0.25) is 5.91 Å². The number of likely N-dealkylation sites (tertiary alicyclic amines) is 1. The molecule has 1 aliphatic rings. The predicted molar refractivity (Wildman–Crippen MR) is 98.7 cm³/mol. The van der Waals surface area contributed by atoms with Crippen LogP contribution < -0.4 is 4.74 Å². The molecule has 25 heavy (non-hydrogen) atoms. The molecule has 1 aliphatic heterocycles. The van der Waals surface area contributed by atoms with Crippen LogP contribution in [0.5, 0.6) is 5.75 Å². The molecule has 0 radical (unpaired) electrons. The Hall–Kier alpha value is -2.36. The molecule has 0 N–H and O–H groups in total. The highest BCUT2D eigenvalue weighted by Crippen LogP contribution is 2.20. The van der Waals surface area contributed by atoms with Gasteiger partial charge < -0.3 is 9.64 Å². The Kier molecular flexibility index (Phi) is 5.69. The van der Waals surface area contributed by atoms with Gasteiger partial charge in [-0.1, -0.05) is 29.8 Å². The van der Waals surface area contributed by atoms with Crippen LogP contribution in [0, 0.1) is 19.8 Å². The number of hydrogen-bond donors (Lipinski definition) is 0. The molecule has 2 heterocycles. The lowest BCUT2D eigenvalue weighted by atomic mass is 9.97. The van der Waals surface area contributed by atoms with Crippen LogP contribution in [0.4, 0.5) is 0 Å². The number of piperidine rings is 1. The van der Waals surface area contributed by atoms with E-state index in [4.69, 9.17) is 4.74 Å². The van der Waals surface area contributed by atoms with Crippen molar-refractivity contribution >= 4 is 5.91 Å². The first kappa shape index (κ1) is 17.5. The van der Waals surface area contributed by atoms with Crippen molar-refractivity contribution < 1.29 is 9.53 Å². The minimum atomic E-state index is 0.231. The molecule has 2 aromatic rings. The van der Waals surface area contributed by atoms with Gasteiger partial charge in [-0.3, -0.25) is 9.78 Å². The lowest BCUT2D eigenvalue weighted by molar-refractivity contribution is -0.132. The first-order valence-corrected chi connectivity index (χ1v) is 8.99. The van der Waals surface area contributed by atoms with E-state index in [0.717, 1.165) is 42.9 Å². The largest absolute Gasteiger partial charge is 0.493 e. The Labute approximate surface area is 149 Å². The number of nitrogens with zero attached hydrogens (tertiary/aromatic N) is 2. The summed E-state index contributed by atoms with van der Waals surface area (Å²) in [5.74, 6) is 1.62. The third-order valence-electron chi connectivity index (χ3n) is 4.76. The molecule has 0 unspecified atom stereocenters. The smallest absolute Gasteiger partial charge is 0.226 e. The van der Waals surface area contributed by atoms with E-state index in [9.17, 15) is 4.79 Å². The number of aromatic nitrogens is 1. The highest BCUT2D eigenvalue weighted by molar-refractivity contribution is 5.78. The molecule has 3 rings (SSSR count). The van der Waals surface area contributed by atoms with Crippen LogP contribution in [-0.4, -0.2) is 35.5 Å². The lowest BCUT2D eigenvalue weighted by Crippen LogP contribution is -2.40. The SMILES string of the molecule is Cc1cccc(CC(=O)N2CCC(COc3ccnc(C)c3)CC2)c1. The molecule has 1 fully saturated rings. The topological polar surface area (TPSA) is 42.4 Å². The molecule has 0 spiro atoms. The van der Waals surface area contributed by atoms with Crippen LogP contribution in [-0.2, 0) is 11.2 Å². The quantitative estimate of drug-likeness (QED) is 0.837. The van der Waals surface area contributed by atoms with Crippen molar-refractivity contribution in [1.82, 2.24) is 9.88 Å². The number of pyridine rings is 1. The average Bonchev–Trinajstić information content (AvgIpc) is 2.60. The zero-order valence-corrected chi connectivity index (χ0v) is 15.1. The number of hydrogen-bond acceptors (Lipinski definition) is 3. The highest BCUT2D eigenvalue weighted by Gasteiger charge is 2.23. The van der Waals surface area contributed by atoms with Crippen molar-refractivity contribution in [2.75, 3.05) is 19.7 Å². The van der Waals surface area contributed by atoms with E-state index in [1.807, 2.05) is 36.1 Å². The summed E-state index contributed by atoms with van der Waals surface area (Å²) in [5, 5.41) is 0. The number of benzene rings is 1.